The van der Waals surface area contributed by atoms with Crippen LogP contribution in [0.2, 0.25) is 0 Å². The minimum Gasteiger partial charge on any atom is -0.325 e. The third-order valence-electron chi connectivity index (χ3n) is 3.85. The van der Waals surface area contributed by atoms with E-state index in [0.717, 1.165) is 11.8 Å². The highest BCUT2D eigenvalue weighted by atomic mass is 14.7. The van der Waals surface area contributed by atoms with Crippen LogP contribution in [0.5, 0.6) is 0 Å². The van der Waals surface area contributed by atoms with Gasteiger partial charge in [-0.1, -0.05) is 46.5 Å². The number of nitrogens with two attached hydrogens (primary N) is 1. The second-order valence-corrected chi connectivity index (χ2v) is 6.05. The fourth-order valence-electron chi connectivity index (χ4n) is 3.22. The standard InChI is InChI=1S/C14H29N/c1-4-6-13-7-5-9-14(15,10-8-13)11-12(2)3/h12-13H,4-11,15H2,1-3H3. The Morgan fingerprint density at radius 3 is 2.60 bits per heavy atom. The van der Waals surface area contributed by atoms with Gasteiger partial charge in [-0.2, -0.15) is 0 Å². The third-order valence-corrected chi connectivity index (χ3v) is 3.85. The first-order chi connectivity index (χ1) is 7.06. The molecular formula is C14H29N. The molecule has 1 heteroatoms. The SMILES string of the molecule is CCCC1CCCC(N)(CC(C)C)CC1. The molecule has 0 amide bonds. The van der Waals surface area contributed by atoms with Gasteiger partial charge in [0, 0.05) is 5.54 Å². The number of rotatable bonds is 4. The van der Waals surface area contributed by atoms with Crippen LogP contribution >= 0.6 is 0 Å². The second-order valence-electron chi connectivity index (χ2n) is 6.05. The van der Waals surface area contributed by atoms with Crippen LogP contribution < -0.4 is 5.73 Å². The molecular weight excluding hydrogens is 182 g/mol. The van der Waals surface area contributed by atoms with Gasteiger partial charge in [-0.25, -0.2) is 0 Å². The highest BCUT2D eigenvalue weighted by Crippen LogP contribution is 2.34. The molecule has 0 aromatic heterocycles. The minimum atomic E-state index is 0.163. The van der Waals surface area contributed by atoms with Crippen molar-refractivity contribution in [1.29, 1.82) is 0 Å². The Labute approximate surface area is 95.8 Å². The molecule has 1 rings (SSSR count). The normalized spacial score (nSPS) is 33.0. The zero-order valence-corrected chi connectivity index (χ0v) is 10.9. The Morgan fingerprint density at radius 1 is 1.27 bits per heavy atom. The summed E-state index contributed by atoms with van der Waals surface area (Å²) >= 11 is 0. The van der Waals surface area contributed by atoms with Crippen molar-refractivity contribution in [3.8, 4) is 0 Å². The summed E-state index contributed by atoms with van der Waals surface area (Å²) in [6, 6.07) is 0. The Morgan fingerprint density at radius 2 is 2.00 bits per heavy atom. The molecule has 0 aliphatic heterocycles. The first-order valence-corrected chi connectivity index (χ1v) is 6.84. The molecule has 2 N–H and O–H groups in total. The summed E-state index contributed by atoms with van der Waals surface area (Å²) in [5, 5.41) is 0. The van der Waals surface area contributed by atoms with Crippen LogP contribution in [0.3, 0.4) is 0 Å². The van der Waals surface area contributed by atoms with E-state index in [-0.39, 0.29) is 5.54 Å². The third kappa shape index (κ3) is 4.55. The molecule has 1 fully saturated rings. The van der Waals surface area contributed by atoms with Gasteiger partial charge in [0.05, 0.1) is 0 Å². The topological polar surface area (TPSA) is 26.0 Å². The molecule has 0 aromatic rings. The van der Waals surface area contributed by atoms with E-state index in [9.17, 15) is 0 Å². The molecule has 1 nitrogen and oxygen atoms in total. The van der Waals surface area contributed by atoms with Crippen molar-refractivity contribution in [3.05, 3.63) is 0 Å². The average Bonchev–Trinajstić information content (AvgIpc) is 2.28. The van der Waals surface area contributed by atoms with E-state index < -0.39 is 0 Å². The van der Waals surface area contributed by atoms with E-state index in [2.05, 4.69) is 20.8 Å². The van der Waals surface area contributed by atoms with E-state index >= 15 is 0 Å². The smallest absolute Gasteiger partial charge is 0.0156 e. The molecule has 1 aliphatic carbocycles. The first kappa shape index (κ1) is 13.0. The van der Waals surface area contributed by atoms with Crippen LogP contribution in [0.15, 0.2) is 0 Å². The summed E-state index contributed by atoms with van der Waals surface area (Å²) in [7, 11) is 0. The first-order valence-electron chi connectivity index (χ1n) is 6.84. The van der Waals surface area contributed by atoms with Crippen LogP contribution in [0.1, 0.15) is 72.1 Å². The van der Waals surface area contributed by atoms with Gasteiger partial charge >= 0.3 is 0 Å². The highest BCUT2D eigenvalue weighted by molar-refractivity contribution is 4.88. The lowest BCUT2D eigenvalue weighted by molar-refractivity contribution is 0.297. The van der Waals surface area contributed by atoms with Crippen molar-refractivity contribution in [1.82, 2.24) is 0 Å². The summed E-state index contributed by atoms with van der Waals surface area (Å²) in [6.45, 7) is 6.89. The van der Waals surface area contributed by atoms with Crippen molar-refractivity contribution in [2.24, 2.45) is 17.6 Å². The van der Waals surface area contributed by atoms with Crippen LogP contribution in [0, 0.1) is 11.8 Å². The minimum absolute atomic E-state index is 0.163. The van der Waals surface area contributed by atoms with E-state index in [0.29, 0.717) is 0 Å². The zero-order valence-electron chi connectivity index (χ0n) is 10.9. The second kappa shape index (κ2) is 5.89. The fraction of sp³-hybridized carbons (Fsp3) is 1.00. The van der Waals surface area contributed by atoms with Crippen LogP contribution in [-0.4, -0.2) is 5.54 Å². The summed E-state index contributed by atoms with van der Waals surface area (Å²) < 4.78 is 0. The molecule has 1 aliphatic rings. The molecule has 2 atom stereocenters. The molecule has 0 aromatic carbocycles. The molecule has 0 radical (unpaired) electrons. The predicted octanol–water partition coefficient (Wildman–Crippen LogP) is 4.11. The lowest BCUT2D eigenvalue weighted by Gasteiger charge is -2.30. The highest BCUT2D eigenvalue weighted by Gasteiger charge is 2.29. The maximum absolute atomic E-state index is 6.52. The van der Waals surface area contributed by atoms with E-state index in [1.54, 1.807) is 0 Å². The van der Waals surface area contributed by atoms with Gasteiger partial charge in [-0.3, -0.25) is 0 Å². The number of hydrogen-bond acceptors (Lipinski definition) is 1. The molecule has 0 saturated heterocycles. The zero-order chi connectivity index (χ0) is 11.3. The lowest BCUT2D eigenvalue weighted by atomic mass is 9.83. The van der Waals surface area contributed by atoms with Gasteiger partial charge in [-0.15, -0.1) is 0 Å². The van der Waals surface area contributed by atoms with Crippen LogP contribution in [0.4, 0.5) is 0 Å². The van der Waals surface area contributed by atoms with Crippen molar-refractivity contribution >= 4 is 0 Å². The summed E-state index contributed by atoms with van der Waals surface area (Å²) in [4.78, 5) is 0. The molecule has 90 valence electrons. The molecule has 0 bridgehead atoms. The van der Waals surface area contributed by atoms with Gasteiger partial charge in [-0.05, 0) is 37.5 Å². The maximum Gasteiger partial charge on any atom is 0.0156 e. The molecule has 2 unspecified atom stereocenters. The van der Waals surface area contributed by atoms with Gasteiger partial charge < -0.3 is 5.73 Å². The Bertz CT molecular complexity index is 176. The summed E-state index contributed by atoms with van der Waals surface area (Å²) in [5.41, 5.74) is 6.68. The van der Waals surface area contributed by atoms with E-state index in [1.807, 2.05) is 0 Å². The van der Waals surface area contributed by atoms with Gasteiger partial charge in [0.15, 0.2) is 0 Å². The lowest BCUT2D eigenvalue weighted by Crippen LogP contribution is -2.40. The van der Waals surface area contributed by atoms with Crippen molar-refractivity contribution in [2.75, 3.05) is 0 Å². The fourth-order valence-corrected chi connectivity index (χ4v) is 3.22. The molecule has 0 heterocycles. The molecule has 15 heavy (non-hydrogen) atoms. The largest absolute Gasteiger partial charge is 0.325 e. The Balaban J connectivity index is 2.43. The van der Waals surface area contributed by atoms with Crippen molar-refractivity contribution in [2.45, 2.75) is 77.7 Å². The summed E-state index contributed by atoms with van der Waals surface area (Å²) in [6.07, 6.45) is 10.6. The van der Waals surface area contributed by atoms with E-state index in [4.69, 9.17) is 5.73 Å². The molecule has 1 saturated carbocycles. The van der Waals surface area contributed by atoms with Crippen molar-refractivity contribution < 1.29 is 0 Å². The summed E-state index contributed by atoms with van der Waals surface area (Å²) in [5.74, 6) is 1.71. The van der Waals surface area contributed by atoms with Gasteiger partial charge in [0.2, 0.25) is 0 Å². The van der Waals surface area contributed by atoms with Crippen LogP contribution in [0.25, 0.3) is 0 Å². The van der Waals surface area contributed by atoms with Crippen molar-refractivity contribution in [3.63, 3.8) is 0 Å². The van der Waals surface area contributed by atoms with Crippen LogP contribution in [-0.2, 0) is 0 Å². The van der Waals surface area contributed by atoms with Gasteiger partial charge in [0.1, 0.15) is 0 Å². The monoisotopic (exact) mass is 211 g/mol. The van der Waals surface area contributed by atoms with Gasteiger partial charge in [0.25, 0.3) is 0 Å². The molecule has 0 spiro atoms. The predicted molar refractivity (Wildman–Crippen MR) is 67.9 cm³/mol. The Hall–Kier alpha value is -0.0400. The van der Waals surface area contributed by atoms with E-state index in [1.165, 1.54) is 51.4 Å². The number of hydrogen-bond donors (Lipinski definition) is 1. The Kier molecular flexibility index (Phi) is 5.11. The average molecular weight is 211 g/mol. The maximum atomic E-state index is 6.52. The quantitative estimate of drug-likeness (QED) is 0.696.